The number of halogens is 2. The summed E-state index contributed by atoms with van der Waals surface area (Å²) >= 11 is 12.4. The van der Waals surface area contributed by atoms with Crippen LogP contribution in [0.1, 0.15) is 53.9 Å². The maximum absolute atomic E-state index is 12.8. The number of carbonyl (C=O) groups is 3. The highest BCUT2D eigenvalue weighted by Crippen LogP contribution is 2.35. The number of thiocarbonyl (C=S) groups is 1. The molecule has 14 heteroatoms. The zero-order valence-corrected chi connectivity index (χ0v) is 29.7. The van der Waals surface area contributed by atoms with E-state index in [1.807, 2.05) is 0 Å². The first-order valence-corrected chi connectivity index (χ1v) is 16.5. The van der Waals surface area contributed by atoms with E-state index in [2.05, 4.69) is 53.0 Å². The Morgan fingerprint density at radius 1 is 0.957 bits per heavy atom. The molecule has 1 atom stereocenters. The Morgan fingerprint density at radius 2 is 1.62 bits per heavy atom. The largest absolute Gasteiger partial charge is 0.487 e. The number of esters is 2. The SMILES string of the molecule is CCOC(=O)C1=C(C)NC(=S)N[C@@H]1c1ccccc1OCC(=O)NN=Cc1cc(Br)c(OCc2ccc(C(=O)OCC)cc2)c(Br)c1. The number of amides is 1. The number of allylic oxidation sites excluding steroid dienone is 1. The number of hydrogen-bond donors (Lipinski definition) is 3. The summed E-state index contributed by atoms with van der Waals surface area (Å²) in [5.74, 6) is -0.380. The number of benzene rings is 3. The Morgan fingerprint density at radius 3 is 2.30 bits per heavy atom. The van der Waals surface area contributed by atoms with Gasteiger partial charge in [0.1, 0.15) is 18.1 Å². The van der Waals surface area contributed by atoms with Crippen molar-refractivity contribution >= 4 is 73.3 Å². The van der Waals surface area contributed by atoms with Gasteiger partial charge in [0.2, 0.25) is 0 Å². The molecule has 0 aromatic heterocycles. The first-order chi connectivity index (χ1) is 22.6. The van der Waals surface area contributed by atoms with Crippen LogP contribution >= 0.6 is 44.1 Å². The van der Waals surface area contributed by atoms with E-state index in [1.165, 1.54) is 6.21 Å². The second kappa shape index (κ2) is 17.0. The van der Waals surface area contributed by atoms with Crippen molar-refractivity contribution in [3.05, 3.63) is 103 Å². The second-order valence-corrected chi connectivity index (χ2v) is 12.0. The summed E-state index contributed by atoms with van der Waals surface area (Å²) in [5.41, 5.74) is 6.03. The van der Waals surface area contributed by atoms with Gasteiger partial charge in [-0.1, -0.05) is 30.3 Å². The van der Waals surface area contributed by atoms with Crippen molar-refractivity contribution in [2.45, 2.75) is 33.4 Å². The van der Waals surface area contributed by atoms with Gasteiger partial charge in [0.15, 0.2) is 11.7 Å². The lowest BCUT2D eigenvalue weighted by molar-refractivity contribution is -0.139. The molecule has 0 aliphatic carbocycles. The van der Waals surface area contributed by atoms with Gasteiger partial charge >= 0.3 is 11.9 Å². The van der Waals surface area contributed by atoms with Crippen LogP contribution in [0.15, 0.2) is 86.0 Å². The molecule has 1 amide bonds. The molecule has 47 heavy (non-hydrogen) atoms. The van der Waals surface area contributed by atoms with E-state index < -0.39 is 17.9 Å². The van der Waals surface area contributed by atoms with Gasteiger partial charge in [-0.3, -0.25) is 4.79 Å². The molecule has 0 unspecified atom stereocenters. The zero-order chi connectivity index (χ0) is 33.9. The molecule has 3 aromatic rings. The molecule has 0 saturated carbocycles. The van der Waals surface area contributed by atoms with Crippen molar-refractivity contribution in [3.8, 4) is 11.5 Å². The van der Waals surface area contributed by atoms with Crippen LogP contribution in [0.3, 0.4) is 0 Å². The third-order valence-electron chi connectivity index (χ3n) is 6.62. The van der Waals surface area contributed by atoms with Crippen molar-refractivity contribution in [3.63, 3.8) is 0 Å². The summed E-state index contributed by atoms with van der Waals surface area (Å²) in [6.07, 6.45) is 1.48. The topological polar surface area (TPSA) is 137 Å². The Hall–Kier alpha value is -4.27. The predicted octanol–water partition coefficient (Wildman–Crippen LogP) is 5.85. The van der Waals surface area contributed by atoms with Gasteiger partial charge in [-0.2, -0.15) is 5.10 Å². The molecular weight excluding hydrogens is 756 g/mol. The molecule has 0 fully saturated rings. The van der Waals surface area contributed by atoms with E-state index >= 15 is 0 Å². The summed E-state index contributed by atoms with van der Waals surface area (Å²) in [7, 11) is 0. The molecule has 11 nitrogen and oxygen atoms in total. The fraction of sp³-hybridized carbons (Fsp3) is 0.242. The highest BCUT2D eigenvalue weighted by Gasteiger charge is 2.32. The predicted molar refractivity (Wildman–Crippen MR) is 187 cm³/mol. The Balaban J connectivity index is 1.35. The van der Waals surface area contributed by atoms with Crippen molar-refractivity contribution < 1.29 is 33.3 Å². The molecule has 0 radical (unpaired) electrons. The van der Waals surface area contributed by atoms with Crippen LogP contribution in [-0.4, -0.2) is 49.0 Å². The summed E-state index contributed by atoms with van der Waals surface area (Å²) in [6.45, 7) is 5.71. The number of ether oxygens (including phenoxy) is 4. The highest BCUT2D eigenvalue weighted by atomic mass is 79.9. The van der Waals surface area contributed by atoms with Crippen LogP contribution in [-0.2, 0) is 25.7 Å². The molecule has 3 aromatic carbocycles. The maximum Gasteiger partial charge on any atom is 0.338 e. The van der Waals surface area contributed by atoms with Crippen LogP contribution < -0.4 is 25.5 Å². The normalized spacial score (nSPS) is 14.2. The Bertz CT molecular complexity index is 1690. The number of carbonyl (C=O) groups excluding carboxylic acids is 3. The molecule has 1 aliphatic heterocycles. The van der Waals surface area contributed by atoms with E-state index in [0.29, 0.717) is 60.1 Å². The van der Waals surface area contributed by atoms with Crippen molar-refractivity contribution in [1.82, 2.24) is 16.1 Å². The summed E-state index contributed by atoms with van der Waals surface area (Å²) in [4.78, 5) is 37.2. The maximum atomic E-state index is 12.8. The number of hydrogen-bond acceptors (Lipinski definition) is 9. The lowest BCUT2D eigenvalue weighted by Gasteiger charge is -2.30. The van der Waals surface area contributed by atoms with E-state index in [-0.39, 0.29) is 25.8 Å². The summed E-state index contributed by atoms with van der Waals surface area (Å²) < 4.78 is 23.4. The minimum Gasteiger partial charge on any atom is -0.487 e. The van der Waals surface area contributed by atoms with Crippen LogP contribution in [0.25, 0.3) is 0 Å². The lowest BCUT2D eigenvalue weighted by atomic mass is 9.95. The van der Waals surface area contributed by atoms with Gasteiger partial charge in [-0.25, -0.2) is 15.0 Å². The number of nitrogens with one attached hydrogen (secondary N) is 3. The number of rotatable bonds is 13. The van der Waals surface area contributed by atoms with Gasteiger partial charge in [0.25, 0.3) is 5.91 Å². The first kappa shape index (κ1) is 35.6. The molecule has 0 bridgehead atoms. The van der Waals surface area contributed by atoms with Gasteiger partial charge in [0.05, 0.1) is 45.6 Å². The van der Waals surface area contributed by atoms with Crippen LogP contribution in [0.5, 0.6) is 11.5 Å². The van der Waals surface area contributed by atoms with Crippen LogP contribution in [0.2, 0.25) is 0 Å². The third kappa shape index (κ3) is 9.62. The number of nitrogens with zero attached hydrogens (tertiary/aromatic N) is 1. The first-order valence-electron chi connectivity index (χ1n) is 14.5. The third-order valence-corrected chi connectivity index (χ3v) is 8.02. The molecule has 0 saturated heterocycles. The minimum atomic E-state index is -0.638. The Kier molecular flexibility index (Phi) is 12.9. The van der Waals surface area contributed by atoms with Gasteiger partial charge < -0.3 is 29.6 Å². The summed E-state index contributed by atoms with van der Waals surface area (Å²) in [6, 6.07) is 17.0. The van der Waals surface area contributed by atoms with E-state index in [9.17, 15) is 14.4 Å². The van der Waals surface area contributed by atoms with Crippen LogP contribution in [0, 0.1) is 0 Å². The van der Waals surface area contributed by atoms with Gasteiger partial charge in [0, 0.05) is 11.3 Å². The number of para-hydroxylation sites is 1. The van der Waals surface area contributed by atoms with E-state index in [0.717, 1.165) is 5.56 Å². The van der Waals surface area contributed by atoms with E-state index in [1.54, 1.807) is 81.4 Å². The average molecular weight is 789 g/mol. The monoisotopic (exact) mass is 786 g/mol. The minimum absolute atomic E-state index is 0.216. The fourth-order valence-electron chi connectivity index (χ4n) is 4.51. The quantitative estimate of drug-likeness (QED) is 0.0838. The van der Waals surface area contributed by atoms with Gasteiger partial charge in [-0.05, 0) is 106 Å². The van der Waals surface area contributed by atoms with Crippen molar-refractivity contribution in [1.29, 1.82) is 0 Å². The average Bonchev–Trinajstić information content (AvgIpc) is 3.03. The molecule has 4 rings (SSSR count). The van der Waals surface area contributed by atoms with Crippen molar-refractivity contribution in [2.24, 2.45) is 5.10 Å². The summed E-state index contributed by atoms with van der Waals surface area (Å²) in [5, 5.41) is 10.5. The molecule has 1 aliphatic rings. The zero-order valence-electron chi connectivity index (χ0n) is 25.7. The van der Waals surface area contributed by atoms with Crippen LogP contribution in [0.4, 0.5) is 0 Å². The lowest BCUT2D eigenvalue weighted by Crippen LogP contribution is -2.45. The number of hydrazone groups is 1. The van der Waals surface area contributed by atoms with Gasteiger partial charge in [-0.15, -0.1) is 0 Å². The molecule has 1 heterocycles. The molecule has 0 spiro atoms. The fourth-order valence-corrected chi connectivity index (χ4v) is 6.23. The second-order valence-electron chi connectivity index (χ2n) is 9.93. The Labute approximate surface area is 294 Å². The molecular formula is C33H32Br2N4O7S. The van der Waals surface area contributed by atoms with E-state index in [4.69, 9.17) is 31.2 Å². The standard InChI is InChI=1S/C33H32Br2N4O7S/c1-4-43-31(41)22-12-10-20(11-13-22)17-46-30-24(34)14-21(15-25(30)35)16-36-39-27(40)18-45-26-9-7-6-8-23(26)29-28(32(42)44-5-2)19(3)37-33(47)38-29/h6-16,29H,4-5,17-18H2,1-3H3,(H,39,40)(H2,37,38,47)/t29-/m1/s1. The molecule has 3 N–H and O–H groups in total. The molecule has 246 valence electrons. The smallest absolute Gasteiger partial charge is 0.338 e. The highest BCUT2D eigenvalue weighted by molar-refractivity contribution is 9.11. The van der Waals surface area contributed by atoms with Crippen molar-refractivity contribution in [2.75, 3.05) is 19.8 Å².